The lowest BCUT2D eigenvalue weighted by atomic mass is 10.0. The van der Waals surface area contributed by atoms with Crippen molar-refractivity contribution >= 4 is 5.91 Å². The van der Waals surface area contributed by atoms with Gasteiger partial charge in [-0.05, 0) is 54.1 Å². The zero-order chi connectivity index (χ0) is 19.5. The molecule has 1 atom stereocenters. The van der Waals surface area contributed by atoms with Crippen LogP contribution in [-0.4, -0.2) is 20.0 Å². The molecule has 2 aromatic heterocycles. The molecule has 0 fully saturated rings. The molecule has 0 bridgehead atoms. The Morgan fingerprint density at radius 1 is 1.00 bits per heavy atom. The second-order valence-electron chi connectivity index (χ2n) is 6.49. The first kappa shape index (κ1) is 17.7. The monoisotopic (exact) mass is 374 g/mol. The molecule has 0 radical (unpaired) electrons. The highest BCUT2D eigenvalue weighted by Crippen LogP contribution is 2.22. The molecular weight excluding hydrogens is 355 g/mol. The van der Waals surface area contributed by atoms with Gasteiger partial charge in [-0.25, -0.2) is 9.37 Å². The number of rotatable bonds is 5. The molecule has 5 nitrogen and oxygen atoms in total. The van der Waals surface area contributed by atoms with Gasteiger partial charge in [-0.3, -0.25) is 4.79 Å². The van der Waals surface area contributed by atoms with Gasteiger partial charge in [0.2, 0.25) is 0 Å². The van der Waals surface area contributed by atoms with E-state index in [0.29, 0.717) is 11.4 Å². The number of carbonyl (C=O) groups excluding carboxylic acids is 1. The van der Waals surface area contributed by atoms with Crippen molar-refractivity contribution < 1.29 is 9.18 Å². The van der Waals surface area contributed by atoms with E-state index >= 15 is 0 Å². The third kappa shape index (κ3) is 3.57. The first-order valence-corrected chi connectivity index (χ1v) is 8.89. The van der Waals surface area contributed by atoms with E-state index in [4.69, 9.17) is 0 Å². The minimum Gasteiger partial charge on any atom is -0.338 e. The summed E-state index contributed by atoms with van der Waals surface area (Å²) in [6, 6.07) is 16.8. The first-order chi connectivity index (χ1) is 13.6. The van der Waals surface area contributed by atoms with Gasteiger partial charge in [0.15, 0.2) is 0 Å². The molecule has 0 aliphatic heterocycles. The maximum atomic E-state index is 13.3. The highest BCUT2D eigenvalue weighted by molar-refractivity contribution is 5.94. The van der Waals surface area contributed by atoms with Gasteiger partial charge >= 0.3 is 0 Å². The van der Waals surface area contributed by atoms with Crippen LogP contribution in [0.5, 0.6) is 0 Å². The summed E-state index contributed by atoms with van der Waals surface area (Å²) in [5, 5.41) is 3.02. The number of hydrogen-bond donors (Lipinski definition) is 1. The number of nitrogens with zero attached hydrogens (tertiary/aromatic N) is 3. The fraction of sp³-hybridized carbons (Fsp3) is 0.0909. The van der Waals surface area contributed by atoms with Crippen LogP contribution >= 0.6 is 0 Å². The fourth-order valence-corrected chi connectivity index (χ4v) is 3.11. The molecule has 4 aromatic rings. The molecule has 6 heteroatoms. The number of amides is 1. The smallest absolute Gasteiger partial charge is 0.252 e. The molecule has 1 amide bonds. The maximum absolute atomic E-state index is 13.3. The molecular formula is C22H19FN4O. The van der Waals surface area contributed by atoms with Gasteiger partial charge in [-0.1, -0.05) is 12.1 Å². The number of halogens is 1. The lowest BCUT2D eigenvalue weighted by Crippen LogP contribution is -2.31. The van der Waals surface area contributed by atoms with E-state index in [1.807, 2.05) is 59.0 Å². The van der Waals surface area contributed by atoms with Crippen LogP contribution in [0.2, 0.25) is 0 Å². The summed E-state index contributed by atoms with van der Waals surface area (Å²) in [6.45, 7) is 0. The Kier molecular flexibility index (Phi) is 4.76. The molecule has 0 saturated heterocycles. The second kappa shape index (κ2) is 7.52. The van der Waals surface area contributed by atoms with E-state index in [1.165, 1.54) is 12.1 Å². The van der Waals surface area contributed by atoms with Gasteiger partial charge in [0.25, 0.3) is 5.91 Å². The van der Waals surface area contributed by atoms with Crippen LogP contribution in [0.1, 0.15) is 27.8 Å². The van der Waals surface area contributed by atoms with Crippen LogP contribution < -0.4 is 5.32 Å². The molecule has 2 heterocycles. The maximum Gasteiger partial charge on any atom is 0.252 e. The van der Waals surface area contributed by atoms with Crippen molar-refractivity contribution in [2.45, 2.75) is 6.04 Å². The molecule has 0 aliphatic rings. The summed E-state index contributed by atoms with van der Waals surface area (Å²) in [6.07, 6.45) is 7.37. The van der Waals surface area contributed by atoms with E-state index in [0.717, 1.165) is 11.3 Å². The van der Waals surface area contributed by atoms with E-state index < -0.39 is 6.04 Å². The van der Waals surface area contributed by atoms with E-state index in [-0.39, 0.29) is 11.7 Å². The van der Waals surface area contributed by atoms with E-state index in [1.54, 1.807) is 30.5 Å². The van der Waals surface area contributed by atoms with Crippen LogP contribution in [0, 0.1) is 5.82 Å². The van der Waals surface area contributed by atoms with Crippen LogP contribution in [0.25, 0.3) is 5.69 Å². The Hall–Kier alpha value is -3.67. The molecule has 0 saturated carbocycles. The van der Waals surface area contributed by atoms with Gasteiger partial charge in [0, 0.05) is 43.1 Å². The van der Waals surface area contributed by atoms with Gasteiger partial charge < -0.3 is 14.5 Å². The van der Waals surface area contributed by atoms with Gasteiger partial charge in [0.1, 0.15) is 17.7 Å². The molecule has 4 rings (SSSR count). The summed E-state index contributed by atoms with van der Waals surface area (Å²) in [5.74, 6) is 0.120. The summed E-state index contributed by atoms with van der Waals surface area (Å²) in [7, 11) is 1.86. The van der Waals surface area contributed by atoms with Crippen molar-refractivity contribution in [3.05, 3.63) is 108 Å². The minimum atomic E-state index is -0.489. The lowest BCUT2D eigenvalue weighted by Gasteiger charge is -2.19. The highest BCUT2D eigenvalue weighted by Gasteiger charge is 2.21. The predicted octanol–water partition coefficient (Wildman–Crippen LogP) is 3.87. The number of nitrogens with one attached hydrogen (secondary N) is 1. The lowest BCUT2D eigenvalue weighted by molar-refractivity contribution is 0.0941. The van der Waals surface area contributed by atoms with Crippen molar-refractivity contribution in [2.75, 3.05) is 0 Å². The number of hydrogen-bond acceptors (Lipinski definition) is 2. The number of imidazole rings is 1. The number of aryl methyl sites for hydroxylation is 1. The number of benzene rings is 2. The van der Waals surface area contributed by atoms with Gasteiger partial charge in [-0.15, -0.1) is 0 Å². The topological polar surface area (TPSA) is 51.9 Å². The van der Waals surface area contributed by atoms with Crippen molar-refractivity contribution in [2.24, 2.45) is 7.05 Å². The highest BCUT2D eigenvalue weighted by atomic mass is 19.1. The number of aromatic nitrogens is 3. The van der Waals surface area contributed by atoms with Crippen LogP contribution in [0.4, 0.5) is 4.39 Å². The molecule has 0 unspecified atom stereocenters. The Morgan fingerprint density at radius 2 is 1.68 bits per heavy atom. The van der Waals surface area contributed by atoms with Crippen LogP contribution in [0.15, 0.2) is 85.5 Å². The average Bonchev–Trinajstić information content (AvgIpc) is 3.39. The van der Waals surface area contributed by atoms with Crippen LogP contribution in [-0.2, 0) is 7.05 Å². The molecule has 1 N–H and O–H groups in total. The Labute approximate surface area is 162 Å². The third-order valence-corrected chi connectivity index (χ3v) is 4.63. The largest absolute Gasteiger partial charge is 0.338 e. The fourth-order valence-electron chi connectivity index (χ4n) is 3.11. The average molecular weight is 374 g/mol. The van der Waals surface area contributed by atoms with Crippen molar-refractivity contribution in [3.63, 3.8) is 0 Å². The Bertz CT molecular complexity index is 1070. The first-order valence-electron chi connectivity index (χ1n) is 8.89. The van der Waals surface area contributed by atoms with Crippen molar-refractivity contribution in [3.8, 4) is 5.69 Å². The van der Waals surface area contributed by atoms with Crippen molar-refractivity contribution in [1.82, 2.24) is 19.4 Å². The quantitative estimate of drug-likeness (QED) is 0.577. The number of carbonyl (C=O) groups is 1. The molecule has 28 heavy (non-hydrogen) atoms. The predicted molar refractivity (Wildman–Crippen MR) is 105 cm³/mol. The van der Waals surface area contributed by atoms with Crippen LogP contribution in [0.3, 0.4) is 0 Å². The minimum absolute atomic E-state index is 0.226. The summed E-state index contributed by atoms with van der Waals surface area (Å²) in [5.41, 5.74) is 2.27. The summed E-state index contributed by atoms with van der Waals surface area (Å²) in [4.78, 5) is 17.2. The zero-order valence-corrected chi connectivity index (χ0v) is 15.3. The molecule has 0 aliphatic carbocycles. The molecule has 0 spiro atoms. The Morgan fingerprint density at radius 3 is 2.29 bits per heavy atom. The standard InChI is InChI=1S/C22H19FN4O/c1-26-15-12-24-21(26)20(16-4-8-18(23)9-5-16)25-22(28)17-6-10-19(11-7-17)27-13-2-3-14-27/h2-15,20H,1H3,(H,25,28)/t20-/m0/s1. The molecule has 2 aromatic carbocycles. The summed E-state index contributed by atoms with van der Waals surface area (Å²) < 4.78 is 17.1. The van der Waals surface area contributed by atoms with Gasteiger partial charge in [-0.2, -0.15) is 0 Å². The second-order valence-corrected chi connectivity index (χ2v) is 6.49. The molecule has 140 valence electrons. The van der Waals surface area contributed by atoms with E-state index in [9.17, 15) is 9.18 Å². The van der Waals surface area contributed by atoms with Crippen molar-refractivity contribution in [1.29, 1.82) is 0 Å². The van der Waals surface area contributed by atoms with E-state index in [2.05, 4.69) is 10.3 Å². The SMILES string of the molecule is Cn1ccnc1[C@@H](NC(=O)c1ccc(-n2cccc2)cc1)c1ccc(F)cc1. The normalized spacial score (nSPS) is 11.9. The Balaban J connectivity index is 1.60. The summed E-state index contributed by atoms with van der Waals surface area (Å²) >= 11 is 0. The van der Waals surface area contributed by atoms with Gasteiger partial charge in [0.05, 0.1) is 0 Å². The third-order valence-electron chi connectivity index (χ3n) is 4.63. The zero-order valence-electron chi connectivity index (χ0n) is 15.3.